The molecular weight excluding hydrogens is 196 g/mol. The molecule has 1 heteroatoms. The zero-order valence-corrected chi connectivity index (χ0v) is 11.0. The number of hydrogen-bond donors (Lipinski definition) is 0. The fourth-order valence-corrected chi connectivity index (χ4v) is 1.98. The maximum atomic E-state index is 5.80. The predicted octanol–water partition coefficient (Wildman–Crippen LogP) is 3.80. The monoisotopic (exact) mass is 220 g/mol. The van der Waals surface area contributed by atoms with Crippen molar-refractivity contribution >= 4 is 0 Å². The number of hydrogen-bond acceptors (Lipinski definition) is 1. The van der Waals surface area contributed by atoms with Gasteiger partial charge in [-0.05, 0) is 31.3 Å². The maximum Gasteiger partial charge on any atom is 0.0714 e. The lowest BCUT2D eigenvalue weighted by Crippen LogP contribution is -2.12. The summed E-state index contributed by atoms with van der Waals surface area (Å²) in [7, 11) is 0. The first-order valence-electron chi connectivity index (χ1n) is 6.44. The molecule has 0 aromatic rings. The van der Waals surface area contributed by atoms with Gasteiger partial charge in [-0.1, -0.05) is 45.1 Å². The van der Waals surface area contributed by atoms with Gasteiger partial charge in [0.05, 0.1) is 12.2 Å². The van der Waals surface area contributed by atoms with E-state index in [1.807, 2.05) is 6.08 Å². The molecule has 0 amide bonds. The van der Waals surface area contributed by atoms with E-state index >= 15 is 0 Å². The van der Waals surface area contributed by atoms with Gasteiger partial charge >= 0.3 is 0 Å². The minimum atomic E-state index is 0.347. The lowest BCUT2D eigenvalue weighted by atomic mass is 10.0. The van der Waals surface area contributed by atoms with Gasteiger partial charge in [-0.15, -0.1) is 0 Å². The molecule has 1 aliphatic heterocycles. The Bertz CT molecular complexity index is 282. The van der Waals surface area contributed by atoms with Gasteiger partial charge in [0.15, 0.2) is 0 Å². The molecule has 16 heavy (non-hydrogen) atoms. The molecule has 90 valence electrons. The largest absolute Gasteiger partial charge is 0.374 e. The van der Waals surface area contributed by atoms with Crippen LogP contribution in [0.5, 0.6) is 0 Å². The molecule has 0 aromatic carbocycles. The summed E-state index contributed by atoms with van der Waals surface area (Å²) in [6.45, 7) is 8.80. The summed E-state index contributed by atoms with van der Waals surface area (Å²) in [6.07, 6.45) is 8.15. The molecule has 1 saturated heterocycles. The van der Waals surface area contributed by atoms with Crippen LogP contribution in [0.2, 0.25) is 0 Å². The molecule has 0 spiro atoms. The highest BCUT2D eigenvalue weighted by Gasteiger charge is 2.28. The maximum absolute atomic E-state index is 5.80. The highest BCUT2D eigenvalue weighted by Crippen LogP contribution is 2.27. The van der Waals surface area contributed by atoms with Crippen molar-refractivity contribution in [1.29, 1.82) is 0 Å². The second-order valence-corrected chi connectivity index (χ2v) is 4.97. The van der Waals surface area contributed by atoms with Crippen molar-refractivity contribution in [2.75, 3.05) is 0 Å². The molecule has 0 radical (unpaired) electrons. The molecule has 4 atom stereocenters. The first-order chi connectivity index (χ1) is 7.63. The molecule has 1 heterocycles. The molecule has 1 aliphatic rings. The van der Waals surface area contributed by atoms with Gasteiger partial charge in [0.25, 0.3) is 0 Å². The van der Waals surface area contributed by atoms with Gasteiger partial charge in [-0.2, -0.15) is 0 Å². The van der Waals surface area contributed by atoms with Gasteiger partial charge in [0.2, 0.25) is 0 Å². The van der Waals surface area contributed by atoms with Crippen molar-refractivity contribution in [3.63, 3.8) is 0 Å². The van der Waals surface area contributed by atoms with E-state index in [1.54, 1.807) is 0 Å². The number of rotatable bonds is 3. The number of ether oxygens (including phenoxy) is 1. The lowest BCUT2D eigenvalue weighted by molar-refractivity contribution is 0.0493. The standard InChI is InChI=1S/C15H24O/c1-5-12(2)9-7-6-8-10-15-13(3)11-14(4)16-15/h7,9,12-15H,5,10-11H2,1-4H3/b9-7+/t12-,13?,14?,15?/m1/s1. The van der Waals surface area contributed by atoms with Gasteiger partial charge in [0, 0.05) is 6.42 Å². The van der Waals surface area contributed by atoms with Crippen LogP contribution in [0.25, 0.3) is 0 Å². The predicted molar refractivity (Wildman–Crippen MR) is 69.1 cm³/mol. The highest BCUT2D eigenvalue weighted by molar-refractivity contribution is 5.16. The lowest BCUT2D eigenvalue weighted by Gasteiger charge is -2.10. The first-order valence-corrected chi connectivity index (χ1v) is 6.44. The van der Waals surface area contributed by atoms with E-state index in [1.165, 1.54) is 12.8 Å². The Labute approximate surface area is 100 Å². The van der Waals surface area contributed by atoms with Crippen LogP contribution in [0.1, 0.15) is 47.0 Å². The van der Waals surface area contributed by atoms with Crippen LogP contribution in [0, 0.1) is 23.7 Å². The van der Waals surface area contributed by atoms with E-state index in [-0.39, 0.29) is 0 Å². The SMILES string of the molecule is CC[C@@H](C)/C=C/C#CCC1OC(C)CC1C. The molecule has 0 bridgehead atoms. The van der Waals surface area contributed by atoms with E-state index in [0.29, 0.717) is 24.0 Å². The minimum absolute atomic E-state index is 0.347. The second kappa shape index (κ2) is 6.76. The minimum Gasteiger partial charge on any atom is -0.374 e. The van der Waals surface area contributed by atoms with Crippen molar-refractivity contribution in [3.05, 3.63) is 12.2 Å². The van der Waals surface area contributed by atoms with Crippen LogP contribution in [-0.2, 0) is 4.74 Å². The molecule has 0 aliphatic carbocycles. The van der Waals surface area contributed by atoms with E-state index < -0.39 is 0 Å². The second-order valence-electron chi connectivity index (χ2n) is 4.97. The van der Waals surface area contributed by atoms with E-state index in [9.17, 15) is 0 Å². The van der Waals surface area contributed by atoms with Crippen LogP contribution in [0.3, 0.4) is 0 Å². The molecule has 1 nitrogen and oxygen atoms in total. The van der Waals surface area contributed by atoms with Crippen LogP contribution < -0.4 is 0 Å². The van der Waals surface area contributed by atoms with E-state index in [2.05, 4.69) is 45.6 Å². The molecular formula is C15H24O. The summed E-state index contributed by atoms with van der Waals surface area (Å²) < 4.78 is 5.80. The summed E-state index contributed by atoms with van der Waals surface area (Å²) >= 11 is 0. The summed E-state index contributed by atoms with van der Waals surface area (Å²) in [6, 6.07) is 0. The normalized spacial score (nSPS) is 31.4. The van der Waals surface area contributed by atoms with Crippen LogP contribution in [-0.4, -0.2) is 12.2 Å². The summed E-state index contributed by atoms with van der Waals surface area (Å²) in [5.74, 6) is 7.59. The topological polar surface area (TPSA) is 9.23 Å². The zero-order chi connectivity index (χ0) is 12.0. The van der Waals surface area contributed by atoms with Crippen molar-refractivity contribution < 1.29 is 4.74 Å². The zero-order valence-electron chi connectivity index (χ0n) is 11.0. The fourth-order valence-electron chi connectivity index (χ4n) is 1.98. The molecule has 1 rings (SSSR count). The average Bonchev–Trinajstić information content (AvgIpc) is 2.56. The van der Waals surface area contributed by atoms with Crippen LogP contribution >= 0.6 is 0 Å². The summed E-state index contributed by atoms with van der Waals surface area (Å²) in [4.78, 5) is 0. The summed E-state index contributed by atoms with van der Waals surface area (Å²) in [5, 5.41) is 0. The number of allylic oxidation sites excluding steroid dienone is 2. The third-order valence-electron chi connectivity index (χ3n) is 3.30. The van der Waals surface area contributed by atoms with E-state index in [4.69, 9.17) is 4.74 Å². The Hall–Kier alpha value is -0.740. The van der Waals surface area contributed by atoms with Crippen molar-refractivity contribution in [2.45, 2.75) is 59.2 Å². The van der Waals surface area contributed by atoms with Crippen LogP contribution in [0.4, 0.5) is 0 Å². The Kier molecular flexibility index (Phi) is 5.63. The van der Waals surface area contributed by atoms with Gasteiger partial charge < -0.3 is 4.74 Å². The van der Waals surface area contributed by atoms with Gasteiger partial charge in [-0.3, -0.25) is 0 Å². The Balaban J connectivity index is 2.29. The highest BCUT2D eigenvalue weighted by atomic mass is 16.5. The molecule has 1 fully saturated rings. The third kappa shape index (κ3) is 4.41. The smallest absolute Gasteiger partial charge is 0.0714 e. The quantitative estimate of drug-likeness (QED) is 0.657. The Morgan fingerprint density at radius 2 is 2.19 bits per heavy atom. The Morgan fingerprint density at radius 3 is 2.75 bits per heavy atom. The average molecular weight is 220 g/mol. The van der Waals surface area contributed by atoms with Gasteiger partial charge in [0.1, 0.15) is 0 Å². The van der Waals surface area contributed by atoms with E-state index in [0.717, 1.165) is 6.42 Å². The molecule has 0 aromatic heterocycles. The van der Waals surface area contributed by atoms with Crippen molar-refractivity contribution in [3.8, 4) is 11.8 Å². The van der Waals surface area contributed by atoms with Crippen LogP contribution in [0.15, 0.2) is 12.2 Å². The fraction of sp³-hybridized carbons (Fsp3) is 0.733. The molecule has 0 saturated carbocycles. The Morgan fingerprint density at radius 1 is 1.44 bits per heavy atom. The van der Waals surface area contributed by atoms with Crippen molar-refractivity contribution in [1.82, 2.24) is 0 Å². The van der Waals surface area contributed by atoms with Gasteiger partial charge in [-0.25, -0.2) is 0 Å². The van der Waals surface area contributed by atoms with Crippen molar-refractivity contribution in [2.24, 2.45) is 11.8 Å². The molecule has 3 unspecified atom stereocenters. The molecule has 0 N–H and O–H groups in total. The summed E-state index contributed by atoms with van der Waals surface area (Å²) in [5.41, 5.74) is 0. The first kappa shape index (κ1) is 13.3. The third-order valence-corrected chi connectivity index (χ3v) is 3.30.